The minimum absolute atomic E-state index is 0. The number of nitrogens with one attached hydrogen (secondary N) is 1. The topological polar surface area (TPSA) is 173 Å². The van der Waals surface area contributed by atoms with Crippen LogP contribution in [0.2, 0.25) is 0 Å². The zero-order chi connectivity index (χ0) is 38.8. The maximum absolute atomic E-state index is 13.7. The van der Waals surface area contributed by atoms with Crippen LogP contribution in [-0.2, 0) is 28.7 Å². The molecule has 1 aromatic carbocycles. The molecule has 5 aliphatic rings. The van der Waals surface area contributed by atoms with Crippen LogP contribution in [0.15, 0.2) is 48.1 Å². The Hall–Kier alpha value is -2.21. The molecule has 1 aromatic rings. The average Bonchev–Trinajstić information content (AvgIpc) is 3.08. The monoisotopic (exact) mass is 773 g/mol. The van der Waals surface area contributed by atoms with E-state index < -0.39 is 40.1 Å². The number of benzene rings is 1. The zero-order valence-corrected chi connectivity index (χ0v) is 37.8. The number of ketones is 1. The Bertz CT molecular complexity index is 1830. The summed E-state index contributed by atoms with van der Waals surface area (Å²) < 4.78 is 6.23. The van der Waals surface area contributed by atoms with Gasteiger partial charge in [0, 0.05) is 52.0 Å². The van der Waals surface area contributed by atoms with Crippen molar-refractivity contribution in [2.75, 3.05) is 11.9 Å². The quantitative estimate of drug-likeness (QED) is 0.114. The molecule has 0 radical (unpaired) electrons. The molecule has 7 atom stereocenters. The van der Waals surface area contributed by atoms with Gasteiger partial charge in [-0.15, -0.1) is 0 Å². The third-order valence-electron chi connectivity index (χ3n) is 15.0. The fraction of sp³-hybridized carbons (Fsp3) is 0.605. The molecule has 1 amide bonds. The van der Waals surface area contributed by atoms with Crippen molar-refractivity contribution in [3.05, 3.63) is 53.6 Å². The number of ether oxygens (including phenoxy) is 1. The number of fused-ring (bicyclic) bond motifs is 7. The first-order valence-corrected chi connectivity index (χ1v) is 19.0. The largest absolute Gasteiger partial charge is 1.00 e. The molecular formula is C43H53NNa2O9. The Morgan fingerprint density at radius 1 is 0.909 bits per heavy atom. The van der Waals surface area contributed by atoms with Crippen molar-refractivity contribution in [3.8, 4) is 5.75 Å². The van der Waals surface area contributed by atoms with Crippen LogP contribution in [0.3, 0.4) is 0 Å². The van der Waals surface area contributed by atoms with E-state index in [0.29, 0.717) is 49.5 Å². The van der Waals surface area contributed by atoms with Gasteiger partial charge in [0.15, 0.2) is 0 Å². The number of hydrogen-bond acceptors (Lipinski definition) is 9. The number of anilines is 1. The van der Waals surface area contributed by atoms with E-state index in [0.717, 1.165) is 43.8 Å². The van der Waals surface area contributed by atoms with Gasteiger partial charge in [-0.1, -0.05) is 53.2 Å². The fourth-order valence-corrected chi connectivity index (χ4v) is 12.0. The number of carbonyl (C=O) groups excluding carboxylic acids is 5. The number of aromatic hydroxyl groups is 1. The number of rotatable bonds is 8. The molecule has 0 bridgehead atoms. The molecule has 55 heavy (non-hydrogen) atoms. The second-order valence-electron chi connectivity index (χ2n) is 18.4. The fourth-order valence-electron chi connectivity index (χ4n) is 12.0. The van der Waals surface area contributed by atoms with E-state index in [1.54, 1.807) is 0 Å². The second kappa shape index (κ2) is 16.2. The molecule has 1 unspecified atom stereocenters. The van der Waals surface area contributed by atoms with Crippen LogP contribution in [0, 0.1) is 50.2 Å². The predicted molar refractivity (Wildman–Crippen MR) is 194 cm³/mol. The third-order valence-corrected chi connectivity index (χ3v) is 15.0. The summed E-state index contributed by atoms with van der Waals surface area (Å²) in [7, 11) is 0. The average molecular weight is 774 g/mol. The SMILES string of the molecule is CC1(C)CCC2(C(=O)[O-])CC[C@]3(COC(=O)/C=C/c4cc(O)ccc4NC(=O)/C=C/C(=O)[O-])C(=CC[C@@H]4[C@@]5(C)CCC(=O)C(C)(C)[C@@H]5CC[C@]43C)[C@@H]2C1.[Na+].[Na+]. The summed E-state index contributed by atoms with van der Waals surface area (Å²) in [4.78, 5) is 63.1. The van der Waals surface area contributed by atoms with Crippen molar-refractivity contribution < 1.29 is 103 Å². The molecule has 10 nitrogen and oxygen atoms in total. The standard InChI is InChI=1S/C43H55NO9.2Na/c1-38(2)19-20-42(37(51)52)21-22-43(25-53-36(50)14-7-26-23-27(45)8-10-30(26)44-34(47)12-13-35(48)49)28(29(42)24-38)9-11-32-40(5)17-16-33(46)39(3,4)31(40)15-18-41(32,43)6;;/h7-10,12-14,23,29,31-32,45H,11,15-22,24-25H2,1-6H3,(H,44,47)(H,48,49)(H,51,52);;/q;2*+1/p-2/b13-12+,14-7+;;/t29-,31-,32+,40-,41+,42?,43-;;/m0../s1. The Morgan fingerprint density at radius 2 is 1.60 bits per heavy atom. The van der Waals surface area contributed by atoms with Gasteiger partial charge >= 0.3 is 65.1 Å². The van der Waals surface area contributed by atoms with Crippen LogP contribution in [0.4, 0.5) is 5.69 Å². The molecule has 0 saturated heterocycles. The number of allylic oxidation sites excluding steroid dienone is 1. The number of aliphatic carboxylic acids is 2. The van der Waals surface area contributed by atoms with E-state index >= 15 is 0 Å². The molecule has 0 spiro atoms. The van der Waals surface area contributed by atoms with Crippen LogP contribution in [-0.4, -0.2) is 41.3 Å². The van der Waals surface area contributed by atoms with Crippen molar-refractivity contribution in [1.29, 1.82) is 0 Å². The summed E-state index contributed by atoms with van der Waals surface area (Å²) in [5, 5.41) is 36.6. The third kappa shape index (κ3) is 7.86. The maximum atomic E-state index is 13.7. The number of carbonyl (C=O) groups is 5. The Balaban J connectivity index is 0.00000336. The number of carboxylic acids is 2. The van der Waals surface area contributed by atoms with Gasteiger partial charge in [0.25, 0.3) is 0 Å². The molecule has 12 heteroatoms. The number of Topliss-reactive ketones (excluding diaryl/α,β-unsaturated/α-hetero) is 1. The molecule has 0 aliphatic heterocycles. The number of phenols is 1. The van der Waals surface area contributed by atoms with Crippen molar-refractivity contribution >= 4 is 41.4 Å². The van der Waals surface area contributed by atoms with Gasteiger partial charge in [-0.05, 0) is 122 Å². The van der Waals surface area contributed by atoms with Crippen LogP contribution in [0.1, 0.15) is 111 Å². The number of amides is 1. The van der Waals surface area contributed by atoms with E-state index in [-0.39, 0.29) is 111 Å². The van der Waals surface area contributed by atoms with Crippen molar-refractivity contribution in [1.82, 2.24) is 0 Å². The van der Waals surface area contributed by atoms with E-state index in [9.17, 15) is 39.3 Å². The number of carboxylic acid groups (broad SMARTS) is 2. The first-order chi connectivity index (χ1) is 24.7. The molecule has 0 heterocycles. The smallest absolute Gasteiger partial charge is 0.550 e. The van der Waals surface area contributed by atoms with Gasteiger partial charge in [-0.3, -0.25) is 9.59 Å². The summed E-state index contributed by atoms with van der Waals surface area (Å²) in [5.74, 6) is -3.54. The van der Waals surface area contributed by atoms with E-state index in [1.165, 1.54) is 30.4 Å². The van der Waals surface area contributed by atoms with Crippen LogP contribution < -0.4 is 74.6 Å². The molecule has 5 aliphatic carbocycles. The molecule has 2 N–H and O–H groups in total. The molecule has 6 rings (SSSR count). The van der Waals surface area contributed by atoms with E-state index in [2.05, 4.69) is 52.9 Å². The summed E-state index contributed by atoms with van der Waals surface area (Å²) in [6.07, 6.45) is 13.2. The number of esters is 1. The molecule has 286 valence electrons. The second-order valence-corrected chi connectivity index (χ2v) is 18.4. The summed E-state index contributed by atoms with van der Waals surface area (Å²) in [6.45, 7) is 13.3. The van der Waals surface area contributed by atoms with Gasteiger partial charge in [0.1, 0.15) is 18.1 Å². The Labute approximate surface area is 369 Å². The summed E-state index contributed by atoms with van der Waals surface area (Å²) in [5.41, 5.74) is -0.993. The maximum Gasteiger partial charge on any atom is 1.00 e. The Morgan fingerprint density at radius 3 is 2.27 bits per heavy atom. The van der Waals surface area contributed by atoms with E-state index in [1.807, 2.05) is 0 Å². The zero-order valence-electron chi connectivity index (χ0n) is 33.8. The number of phenolic OH excluding ortho intramolecular Hbond substituents is 1. The van der Waals surface area contributed by atoms with Gasteiger partial charge in [-0.25, -0.2) is 4.79 Å². The molecular weight excluding hydrogens is 720 g/mol. The van der Waals surface area contributed by atoms with Crippen LogP contribution in [0.25, 0.3) is 6.08 Å². The minimum atomic E-state index is -1.53. The van der Waals surface area contributed by atoms with Gasteiger partial charge in [0.05, 0.1) is 5.97 Å². The first kappa shape index (κ1) is 45.5. The molecule has 0 aromatic heterocycles. The van der Waals surface area contributed by atoms with Crippen molar-refractivity contribution in [3.63, 3.8) is 0 Å². The normalized spacial score (nSPS) is 34.3. The molecule has 4 saturated carbocycles. The first-order valence-electron chi connectivity index (χ1n) is 19.0. The Kier molecular flexibility index (Phi) is 13.4. The van der Waals surface area contributed by atoms with Gasteiger partial charge in [0.2, 0.25) is 5.91 Å². The van der Waals surface area contributed by atoms with Crippen LogP contribution in [0.5, 0.6) is 5.75 Å². The van der Waals surface area contributed by atoms with Crippen molar-refractivity contribution in [2.45, 2.75) is 106 Å². The number of hydrogen-bond donors (Lipinski definition) is 2. The molecule has 4 fully saturated rings. The predicted octanol–water partition coefficient (Wildman–Crippen LogP) is -0.698. The van der Waals surface area contributed by atoms with Gasteiger partial charge in [-0.2, -0.15) is 0 Å². The van der Waals surface area contributed by atoms with E-state index in [4.69, 9.17) is 4.74 Å². The minimum Gasteiger partial charge on any atom is -0.550 e. The van der Waals surface area contributed by atoms with Crippen molar-refractivity contribution in [2.24, 2.45) is 50.2 Å². The summed E-state index contributed by atoms with van der Waals surface area (Å²) >= 11 is 0. The summed E-state index contributed by atoms with van der Waals surface area (Å²) in [6, 6.07) is 4.13. The van der Waals surface area contributed by atoms with Gasteiger partial charge < -0.3 is 35.0 Å². The van der Waals surface area contributed by atoms with Crippen LogP contribution >= 0.6 is 0 Å².